The van der Waals surface area contributed by atoms with Gasteiger partial charge < -0.3 is 24.8 Å². The summed E-state index contributed by atoms with van der Waals surface area (Å²) in [4.78, 5) is 18.1. The number of aromatic nitrogens is 3. The number of methoxy groups -OCH3 is 2. The molecule has 1 aliphatic rings. The van der Waals surface area contributed by atoms with E-state index in [1.54, 1.807) is 16.8 Å². The molecule has 0 unspecified atom stereocenters. The first-order valence-electron chi connectivity index (χ1n) is 12.3. The van der Waals surface area contributed by atoms with E-state index in [-0.39, 0.29) is 5.91 Å². The molecule has 1 aliphatic heterocycles. The number of anilines is 2. The van der Waals surface area contributed by atoms with E-state index in [2.05, 4.69) is 51.9 Å². The Labute approximate surface area is 231 Å². The predicted molar refractivity (Wildman–Crippen MR) is 150 cm³/mol. The molecular weight excluding hydrogens is 518 g/mol. The number of fused-ring (bicyclic) bond motifs is 1. The van der Waals surface area contributed by atoms with Gasteiger partial charge in [0.2, 0.25) is 5.95 Å². The van der Waals surface area contributed by atoms with Gasteiger partial charge in [-0.25, -0.2) is 4.68 Å². The smallest absolute Gasteiger partial charge is 0.255 e. The molecule has 0 radical (unpaired) electrons. The number of carbonyl (C=O) groups is 1. The SMILES string of the molecule is COc1cc(NC(=O)C2=C(C)Nc3ncnn3[C@@H]2c2ccc(OCc3ccc(C)cc3)cc2)c(OC)cc1Cl. The molecular formula is C29H28ClN5O4. The van der Waals surface area contributed by atoms with Gasteiger partial charge in [0.25, 0.3) is 5.91 Å². The number of hydrogen-bond acceptors (Lipinski definition) is 7. The van der Waals surface area contributed by atoms with Gasteiger partial charge in [-0.3, -0.25) is 4.79 Å². The third kappa shape index (κ3) is 5.39. The molecule has 10 heteroatoms. The molecule has 0 spiro atoms. The fourth-order valence-corrected chi connectivity index (χ4v) is 4.67. The topological polar surface area (TPSA) is 99.5 Å². The first kappa shape index (κ1) is 26.1. The molecule has 4 aromatic rings. The van der Waals surface area contributed by atoms with Gasteiger partial charge in [-0.2, -0.15) is 10.1 Å². The summed E-state index contributed by atoms with van der Waals surface area (Å²) in [7, 11) is 3.01. The molecule has 5 rings (SSSR count). The molecule has 200 valence electrons. The van der Waals surface area contributed by atoms with Gasteiger partial charge in [0.1, 0.15) is 36.2 Å². The van der Waals surface area contributed by atoms with Crippen molar-refractivity contribution in [2.45, 2.75) is 26.5 Å². The quantitative estimate of drug-likeness (QED) is 0.290. The highest BCUT2D eigenvalue weighted by atomic mass is 35.5. The van der Waals surface area contributed by atoms with Crippen molar-refractivity contribution in [2.24, 2.45) is 0 Å². The lowest BCUT2D eigenvalue weighted by Crippen LogP contribution is -2.31. The van der Waals surface area contributed by atoms with Gasteiger partial charge in [0.15, 0.2) is 0 Å². The van der Waals surface area contributed by atoms with Gasteiger partial charge in [-0.15, -0.1) is 0 Å². The van der Waals surface area contributed by atoms with Gasteiger partial charge in [0.05, 0.1) is 30.5 Å². The van der Waals surface area contributed by atoms with E-state index < -0.39 is 6.04 Å². The van der Waals surface area contributed by atoms with Crippen molar-refractivity contribution in [1.29, 1.82) is 0 Å². The zero-order chi connectivity index (χ0) is 27.5. The van der Waals surface area contributed by atoms with Gasteiger partial charge >= 0.3 is 0 Å². The number of amides is 1. The van der Waals surface area contributed by atoms with Crippen LogP contribution in [-0.4, -0.2) is 34.9 Å². The molecule has 1 amide bonds. The first-order valence-corrected chi connectivity index (χ1v) is 12.6. The molecule has 1 aromatic heterocycles. The molecule has 0 bridgehead atoms. The Morgan fingerprint density at radius 3 is 2.44 bits per heavy atom. The van der Waals surface area contributed by atoms with Crippen LogP contribution in [-0.2, 0) is 11.4 Å². The van der Waals surface area contributed by atoms with E-state index in [4.69, 9.17) is 25.8 Å². The van der Waals surface area contributed by atoms with Gasteiger partial charge in [-0.05, 0) is 37.1 Å². The van der Waals surface area contributed by atoms with Crippen LogP contribution in [0, 0.1) is 6.92 Å². The van der Waals surface area contributed by atoms with Crippen LogP contribution in [0.4, 0.5) is 11.6 Å². The van der Waals surface area contributed by atoms with Crippen LogP contribution in [0.15, 0.2) is 78.3 Å². The number of nitrogens with one attached hydrogen (secondary N) is 2. The van der Waals surface area contributed by atoms with Crippen molar-refractivity contribution in [3.63, 3.8) is 0 Å². The largest absolute Gasteiger partial charge is 0.495 e. The van der Waals surface area contributed by atoms with E-state index in [0.717, 1.165) is 16.9 Å². The average molecular weight is 546 g/mol. The van der Waals surface area contributed by atoms with E-state index in [0.29, 0.717) is 46.0 Å². The molecule has 0 saturated carbocycles. The van der Waals surface area contributed by atoms with E-state index >= 15 is 0 Å². The number of ether oxygens (including phenoxy) is 3. The molecule has 1 atom stereocenters. The zero-order valence-electron chi connectivity index (χ0n) is 22.0. The van der Waals surface area contributed by atoms with E-state index in [1.165, 1.54) is 26.1 Å². The lowest BCUT2D eigenvalue weighted by Gasteiger charge is -2.29. The molecule has 0 saturated heterocycles. The van der Waals surface area contributed by atoms with Crippen LogP contribution in [0.1, 0.15) is 29.7 Å². The summed E-state index contributed by atoms with van der Waals surface area (Å²) in [6, 6.07) is 18.5. The second-order valence-corrected chi connectivity index (χ2v) is 9.49. The molecule has 0 fully saturated rings. The van der Waals surface area contributed by atoms with Crippen LogP contribution >= 0.6 is 11.6 Å². The average Bonchev–Trinajstić information content (AvgIpc) is 3.41. The second kappa shape index (κ2) is 11.1. The Kier molecular flexibility index (Phi) is 7.42. The van der Waals surface area contributed by atoms with Crippen molar-refractivity contribution in [2.75, 3.05) is 24.9 Å². The summed E-state index contributed by atoms with van der Waals surface area (Å²) >= 11 is 6.25. The summed E-state index contributed by atoms with van der Waals surface area (Å²) in [5.74, 6) is 1.74. The summed E-state index contributed by atoms with van der Waals surface area (Å²) < 4.78 is 18.4. The summed E-state index contributed by atoms with van der Waals surface area (Å²) in [6.07, 6.45) is 1.45. The number of carbonyl (C=O) groups excluding carboxylic acids is 1. The third-order valence-electron chi connectivity index (χ3n) is 6.48. The monoisotopic (exact) mass is 545 g/mol. The molecule has 39 heavy (non-hydrogen) atoms. The Balaban J connectivity index is 1.43. The second-order valence-electron chi connectivity index (χ2n) is 9.08. The lowest BCUT2D eigenvalue weighted by atomic mass is 9.95. The minimum atomic E-state index is -0.532. The Morgan fingerprint density at radius 2 is 1.74 bits per heavy atom. The minimum absolute atomic E-state index is 0.339. The van der Waals surface area contributed by atoms with E-state index in [1.807, 2.05) is 31.2 Å². The van der Waals surface area contributed by atoms with Crippen LogP contribution < -0.4 is 24.8 Å². The highest BCUT2D eigenvalue weighted by Gasteiger charge is 2.34. The fourth-order valence-electron chi connectivity index (χ4n) is 4.44. The van der Waals surface area contributed by atoms with Gasteiger partial charge in [0, 0.05) is 17.8 Å². The summed E-state index contributed by atoms with van der Waals surface area (Å²) in [5.41, 5.74) is 4.68. The van der Waals surface area contributed by atoms with Crippen molar-refractivity contribution in [3.05, 3.63) is 100.0 Å². The predicted octanol–water partition coefficient (Wildman–Crippen LogP) is 5.76. The van der Waals surface area contributed by atoms with Crippen LogP contribution in [0.2, 0.25) is 5.02 Å². The van der Waals surface area contributed by atoms with Crippen molar-refractivity contribution in [1.82, 2.24) is 14.8 Å². The number of nitrogens with zero attached hydrogens (tertiary/aromatic N) is 3. The maximum Gasteiger partial charge on any atom is 0.255 e. The number of halogens is 1. The van der Waals surface area contributed by atoms with Crippen LogP contribution in [0.25, 0.3) is 0 Å². The van der Waals surface area contributed by atoms with Crippen LogP contribution in [0.5, 0.6) is 17.2 Å². The van der Waals surface area contributed by atoms with Crippen molar-refractivity contribution >= 4 is 29.1 Å². The Bertz CT molecular complexity index is 1530. The third-order valence-corrected chi connectivity index (χ3v) is 6.78. The Morgan fingerprint density at radius 1 is 1.03 bits per heavy atom. The number of benzene rings is 3. The normalized spacial score (nSPS) is 14.3. The fraction of sp³-hybridized carbons (Fsp3) is 0.207. The molecule has 2 heterocycles. The summed E-state index contributed by atoms with van der Waals surface area (Å²) in [6.45, 7) is 4.34. The number of allylic oxidation sites excluding steroid dienone is 1. The van der Waals surface area contributed by atoms with E-state index in [9.17, 15) is 4.79 Å². The number of hydrogen-bond donors (Lipinski definition) is 2. The lowest BCUT2D eigenvalue weighted by molar-refractivity contribution is -0.113. The summed E-state index contributed by atoms with van der Waals surface area (Å²) in [5, 5.41) is 10.9. The standard InChI is InChI=1S/C29H28ClN5O4/c1-17-5-7-19(8-6-17)15-39-21-11-9-20(10-12-21)27-26(18(2)33-29-31-16-32-35(27)29)28(36)34-23-14-24(37-3)22(30)13-25(23)38-4/h5-14,16,27H,15H2,1-4H3,(H,34,36)(H,31,32,33)/t27-/m1/s1. The highest BCUT2D eigenvalue weighted by Crippen LogP contribution is 2.39. The Hall–Kier alpha value is -4.50. The molecule has 9 nitrogen and oxygen atoms in total. The molecule has 0 aliphatic carbocycles. The van der Waals surface area contributed by atoms with Crippen molar-refractivity contribution in [3.8, 4) is 17.2 Å². The first-order chi connectivity index (χ1) is 18.9. The van der Waals surface area contributed by atoms with Crippen molar-refractivity contribution < 1.29 is 19.0 Å². The maximum atomic E-state index is 13.8. The highest BCUT2D eigenvalue weighted by molar-refractivity contribution is 6.32. The molecule has 3 aromatic carbocycles. The number of aryl methyl sites for hydroxylation is 1. The van der Waals surface area contributed by atoms with Crippen LogP contribution in [0.3, 0.4) is 0 Å². The number of rotatable bonds is 8. The molecule has 2 N–H and O–H groups in total. The zero-order valence-corrected chi connectivity index (χ0v) is 22.7. The van der Waals surface area contributed by atoms with Gasteiger partial charge in [-0.1, -0.05) is 53.6 Å². The minimum Gasteiger partial charge on any atom is -0.495 e. The maximum absolute atomic E-state index is 13.8.